The Morgan fingerprint density at radius 2 is 1.82 bits per heavy atom. The van der Waals surface area contributed by atoms with E-state index in [1.807, 2.05) is 37.3 Å². The minimum atomic E-state index is -0.298. The van der Waals surface area contributed by atoms with Crippen LogP contribution in [0.15, 0.2) is 61.3 Å². The average Bonchev–Trinajstić information content (AvgIpc) is 2.84. The lowest BCUT2D eigenvalue weighted by Gasteiger charge is -2.34. The van der Waals surface area contributed by atoms with Crippen LogP contribution in [0.2, 0.25) is 5.02 Å². The molecule has 4 rings (SSSR count). The van der Waals surface area contributed by atoms with Crippen LogP contribution in [0.25, 0.3) is 0 Å². The maximum atomic E-state index is 11.9. The molecule has 176 valence electrons. The number of likely N-dealkylation sites (N-methyl/N-ethyl adjacent to an activating group) is 1. The monoisotopic (exact) mass is 477 g/mol. The van der Waals surface area contributed by atoms with Gasteiger partial charge in [0.1, 0.15) is 5.02 Å². The van der Waals surface area contributed by atoms with Crippen LogP contribution in [0.3, 0.4) is 0 Å². The maximum absolute atomic E-state index is 11.9. The van der Waals surface area contributed by atoms with Crippen LogP contribution in [0.4, 0.5) is 34.5 Å². The fourth-order valence-electron chi connectivity index (χ4n) is 3.70. The fourth-order valence-corrected chi connectivity index (χ4v) is 3.84. The van der Waals surface area contributed by atoms with Gasteiger partial charge < -0.3 is 25.8 Å². The van der Waals surface area contributed by atoms with Crippen molar-refractivity contribution < 1.29 is 4.79 Å². The van der Waals surface area contributed by atoms with Gasteiger partial charge in [-0.25, -0.2) is 4.98 Å². The minimum Gasteiger partial charge on any atom is -0.369 e. The molecule has 1 fully saturated rings. The number of nitrogens with zero attached hydrogens (tertiary/aromatic N) is 4. The molecule has 0 unspecified atom stereocenters. The maximum Gasteiger partial charge on any atom is 0.247 e. The summed E-state index contributed by atoms with van der Waals surface area (Å²) in [6, 6.07) is 13.9. The molecule has 0 radical (unpaired) electrons. The number of aromatic nitrogens is 2. The molecule has 0 saturated carbocycles. The van der Waals surface area contributed by atoms with Crippen molar-refractivity contribution in [3.63, 3.8) is 0 Å². The summed E-state index contributed by atoms with van der Waals surface area (Å²) in [5.74, 6) is 0.532. The molecule has 34 heavy (non-hydrogen) atoms. The van der Waals surface area contributed by atoms with Crippen molar-refractivity contribution in [2.75, 3.05) is 54.1 Å². The molecule has 1 aliphatic rings. The van der Waals surface area contributed by atoms with E-state index in [4.69, 9.17) is 11.6 Å². The van der Waals surface area contributed by atoms with Gasteiger partial charge in [0.05, 0.1) is 17.6 Å². The van der Waals surface area contributed by atoms with Gasteiger partial charge in [-0.1, -0.05) is 30.3 Å². The number of carbonyl (C=O) groups is 1. The number of nitrogens with one attached hydrogen (secondary N) is 3. The molecule has 1 aromatic heterocycles. The molecule has 9 heteroatoms. The number of rotatable bonds is 7. The summed E-state index contributed by atoms with van der Waals surface area (Å²) in [5.41, 5.74) is 4.27. The number of hydrogen-bond donors (Lipinski definition) is 3. The van der Waals surface area contributed by atoms with Crippen LogP contribution in [0.1, 0.15) is 5.56 Å². The molecule has 3 aromatic rings. The molecule has 3 N–H and O–H groups in total. The van der Waals surface area contributed by atoms with E-state index < -0.39 is 0 Å². The third-order valence-corrected chi connectivity index (χ3v) is 5.97. The lowest BCUT2D eigenvalue weighted by Crippen LogP contribution is -2.44. The summed E-state index contributed by atoms with van der Waals surface area (Å²) in [6.07, 6.45) is 2.76. The van der Waals surface area contributed by atoms with Crippen LogP contribution in [0.5, 0.6) is 0 Å². The second-order valence-corrected chi connectivity index (χ2v) is 8.58. The Morgan fingerprint density at radius 3 is 2.53 bits per heavy atom. The summed E-state index contributed by atoms with van der Waals surface area (Å²) in [7, 11) is 2.15. The van der Waals surface area contributed by atoms with E-state index in [9.17, 15) is 4.79 Å². The van der Waals surface area contributed by atoms with E-state index in [0.717, 1.165) is 37.4 Å². The van der Waals surface area contributed by atoms with Gasteiger partial charge in [-0.2, -0.15) is 4.98 Å². The van der Waals surface area contributed by atoms with E-state index in [-0.39, 0.29) is 5.91 Å². The molecule has 0 spiro atoms. The lowest BCUT2D eigenvalue weighted by molar-refractivity contribution is -0.111. The Balaban J connectivity index is 1.49. The standard InChI is InChI=1S/C25H28ClN7O/c1-4-22(34)30-23-17(2)6-5-7-21(23)29-24-20(26)16-27-25(31-24)28-18-8-10-19(11-9-18)33-14-12-32(3)13-15-33/h4-11,16H,1,12-15H2,2-3H3,(H,30,34)(H2,27,28,29,31). The summed E-state index contributed by atoms with van der Waals surface area (Å²) in [5, 5.41) is 9.63. The van der Waals surface area contributed by atoms with Crippen molar-refractivity contribution in [2.45, 2.75) is 6.92 Å². The van der Waals surface area contributed by atoms with E-state index in [1.54, 1.807) is 0 Å². The first-order valence-corrected chi connectivity index (χ1v) is 11.4. The lowest BCUT2D eigenvalue weighted by atomic mass is 10.1. The minimum absolute atomic E-state index is 0.298. The Hall–Kier alpha value is -3.62. The van der Waals surface area contributed by atoms with Crippen molar-refractivity contribution >= 4 is 52.0 Å². The summed E-state index contributed by atoms with van der Waals surface area (Å²) in [4.78, 5) is 25.4. The topological polar surface area (TPSA) is 85.4 Å². The predicted molar refractivity (Wildman–Crippen MR) is 140 cm³/mol. The van der Waals surface area contributed by atoms with Gasteiger partial charge in [-0.15, -0.1) is 0 Å². The number of para-hydroxylation sites is 1. The third-order valence-electron chi connectivity index (χ3n) is 5.70. The molecule has 1 aliphatic heterocycles. The quantitative estimate of drug-likeness (QED) is 0.421. The molecule has 2 aromatic carbocycles. The highest BCUT2D eigenvalue weighted by Crippen LogP contribution is 2.31. The zero-order chi connectivity index (χ0) is 24.1. The van der Waals surface area contributed by atoms with Crippen LogP contribution >= 0.6 is 11.6 Å². The van der Waals surface area contributed by atoms with Gasteiger partial charge in [0, 0.05) is 37.6 Å². The number of aryl methyl sites for hydroxylation is 1. The molecular formula is C25H28ClN7O. The molecular weight excluding hydrogens is 450 g/mol. The van der Waals surface area contributed by atoms with Gasteiger partial charge in [0.25, 0.3) is 0 Å². The molecule has 2 heterocycles. The van der Waals surface area contributed by atoms with Crippen LogP contribution in [-0.4, -0.2) is 54.0 Å². The number of anilines is 6. The van der Waals surface area contributed by atoms with Crippen LogP contribution in [0, 0.1) is 6.92 Å². The molecule has 8 nitrogen and oxygen atoms in total. The van der Waals surface area contributed by atoms with Gasteiger partial charge >= 0.3 is 0 Å². The predicted octanol–water partition coefficient (Wildman–Crippen LogP) is 4.80. The number of piperazine rings is 1. The molecule has 0 aliphatic carbocycles. The smallest absolute Gasteiger partial charge is 0.247 e. The van der Waals surface area contributed by atoms with Crippen molar-refractivity contribution in [2.24, 2.45) is 0 Å². The number of hydrogen-bond acceptors (Lipinski definition) is 7. The largest absolute Gasteiger partial charge is 0.369 e. The van der Waals surface area contributed by atoms with Crippen molar-refractivity contribution in [1.29, 1.82) is 0 Å². The Bertz CT molecular complexity index is 1170. The molecule has 0 atom stereocenters. The first-order chi connectivity index (χ1) is 16.4. The van der Waals surface area contributed by atoms with Crippen molar-refractivity contribution in [3.05, 3.63) is 71.9 Å². The Labute approximate surface area is 204 Å². The second kappa shape index (κ2) is 10.5. The zero-order valence-electron chi connectivity index (χ0n) is 19.3. The van der Waals surface area contributed by atoms with Gasteiger partial charge in [0.2, 0.25) is 11.9 Å². The highest BCUT2D eigenvalue weighted by molar-refractivity contribution is 6.33. The number of halogens is 1. The molecule has 1 amide bonds. The summed E-state index contributed by atoms with van der Waals surface area (Å²) < 4.78 is 0. The first-order valence-electron chi connectivity index (χ1n) is 11.1. The molecule has 1 saturated heterocycles. The third kappa shape index (κ3) is 5.65. The summed E-state index contributed by atoms with van der Waals surface area (Å²) in [6.45, 7) is 9.59. The van der Waals surface area contributed by atoms with Gasteiger partial charge in [-0.05, 0) is 55.9 Å². The van der Waals surface area contributed by atoms with E-state index in [0.29, 0.717) is 28.2 Å². The fraction of sp³-hybridized carbons (Fsp3) is 0.240. The van der Waals surface area contributed by atoms with Crippen molar-refractivity contribution in [3.8, 4) is 0 Å². The summed E-state index contributed by atoms with van der Waals surface area (Å²) >= 11 is 6.36. The number of carbonyl (C=O) groups excluding carboxylic acids is 1. The first kappa shape index (κ1) is 23.5. The Kier molecular flexibility index (Phi) is 7.30. The SMILES string of the molecule is C=CC(=O)Nc1c(C)cccc1Nc1nc(Nc2ccc(N3CCN(C)CC3)cc2)ncc1Cl. The highest BCUT2D eigenvalue weighted by Gasteiger charge is 2.15. The van der Waals surface area contributed by atoms with E-state index in [1.165, 1.54) is 18.0 Å². The molecule has 0 bridgehead atoms. The van der Waals surface area contributed by atoms with Gasteiger partial charge in [0.15, 0.2) is 5.82 Å². The van der Waals surface area contributed by atoms with Crippen molar-refractivity contribution in [1.82, 2.24) is 14.9 Å². The number of benzene rings is 2. The number of amides is 1. The van der Waals surface area contributed by atoms with Crippen LogP contribution in [-0.2, 0) is 4.79 Å². The second-order valence-electron chi connectivity index (χ2n) is 8.17. The van der Waals surface area contributed by atoms with Crippen LogP contribution < -0.4 is 20.9 Å². The Morgan fingerprint density at radius 1 is 1.09 bits per heavy atom. The van der Waals surface area contributed by atoms with E-state index in [2.05, 4.69) is 61.5 Å². The normalized spacial score (nSPS) is 13.9. The zero-order valence-corrected chi connectivity index (χ0v) is 20.1. The van der Waals surface area contributed by atoms with Gasteiger partial charge in [-0.3, -0.25) is 4.79 Å². The highest BCUT2D eigenvalue weighted by atomic mass is 35.5. The average molecular weight is 478 g/mol. The van der Waals surface area contributed by atoms with E-state index >= 15 is 0 Å².